The van der Waals surface area contributed by atoms with Crippen molar-refractivity contribution in [2.75, 3.05) is 13.1 Å². The molecule has 3 amide bonds. The van der Waals surface area contributed by atoms with E-state index in [-0.39, 0.29) is 43.9 Å². The van der Waals surface area contributed by atoms with E-state index in [1.54, 1.807) is 26.0 Å². The number of aromatic hydroxyl groups is 1. The molecule has 0 heterocycles. The fourth-order valence-electron chi connectivity index (χ4n) is 5.54. The molecule has 13 N–H and O–H groups in total. The largest absolute Gasteiger partial charge is 0.508 e. The average molecular weight is 669 g/mol. The number of carboxylic acid groups (broad SMARTS) is 1. The minimum Gasteiger partial charge on any atom is -0.508 e. The number of aliphatic imine (C=N–C) groups is 1. The van der Waals surface area contributed by atoms with Crippen LogP contribution in [-0.4, -0.2) is 77.1 Å². The highest BCUT2D eigenvalue weighted by Crippen LogP contribution is 2.22. The van der Waals surface area contributed by atoms with Gasteiger partial charge in [0.2, 0.25) is 17.7 Å². The number of carboxylic acids is 1. The topological polar surface area (TPSA) is 261 Å². The molecular weight excluding hydrogens is 616 g/mol. The highest BCUT2D eigenvalue weighted by molar-refractivity contribution is 5.94. The minimum atomic E-state index is -1.20. The summed E-state index contributed by atoms with van der Waals surface area (Å²) in [6.45, 7) is 7.96. The molecule has 0 unspecified atom stereocenters. The quantitative estimate of drug-likeness (QED) is 0.0567. The molecule has 0 bridgehead atoms. The van der Waals surface area contributed by atoms with Crippen LogP contribution in [0.5, 0.6) is 5.75 Å². The number of phenolic OH excluding ortho intramolecular Hbond substituents is 1. The number of carbonyl (C=O) groups is 4. The highest BCUT2D eigenvalue weighted by atomic mass is 16.4. The van der Waals surface area contributed by atoms with Crippen molar-refractivity contribution < 1.29 is 29.4 Å². The van der Waals surface area contributed by atoms with Crippen LogP contribution in [0, 0.1) is 27.7 Å². The van der Waals surface area contributed by atoms with Crippen molar-refractivity contribution in [2.24, 2.45) is 27.9 Å². The Morgan fingerprint density at radius 3 is 1.83 bits per heavy atom. The van der Waals surface area contributed by atoms with Crippen LogP contribution in [0.25, 0.3) is 0 Å². The van der Waals surface area contributed by atoms with E-state index >= 15 is 0 Å². The van der Waals surface area contributed by atoms with E-state index in [2.05, 4.69) is 20.9 Å². The lowest BCUT2D eigenvalue weighted by Crippen LogP contribution is -2.57. The first-order chi connectivity index (χ1) is 22.6. The molecule has 14 nitrogen and oxygen atoms in total. The van der Waals surface area contributed by atoms with Gasteiger partial charge in [0.25, 0.3) is 0 Å². The number of carbonyl (C=O) groups excluding carboxylic acids is 3. The molecule has 4 atom stereocenters. The number of nitrogens with one attached hydrogen (secondary N) is 3. The van der Waals surface area contributed by atoms with E-state index < -0.39 is 47.9 Å². The zero-order valence-corrected chi connectivity index (χ0v) is 28.3. The molecule has 0 aliphatic heterocycles. The Morgan fingerprint density at radius 1 is 0.750 bits per heavy atom. The van der Waals surface area contributed by atoms with Crippen LogP contribution in [0.3, 0.4) is 0 Å². The maximum Gasteiger partial charge on any atom is 0.326 e. The van der Waals surface area contributed by atoms with Gasteiger partial charge < -0.3 is 49.1 Å². The van der Waals surface area contributed by atoms with Crippen LogP contribution in [0.4, 0.5) is 0 Å². The van der Waals surface area contributed by atoms with Gasteiger partial charge in [-0.25, -0.2) is 4.79 Å². The van der Waals surface area contributed by atoms with Gasteiger partial charge >= 0.3 is 5.97 Å². The van der Waals surface area contributed by atoms with E-state index in [4.69, 9.17) is 22.9 Å². The van der Waals surface area contributed by atoms with Crippen molar-refractivity contribution in [1.29, 1.82) is 0 Å². The van der Waals surface area contributed by atoms with Crippen molar-refractivity contribution in [3.05, 3.63) is 63.7 Å². The standard InChI is InChI=1S/C34H52N8O6/c1-19-9-7-10-20(2)25(19)18-29(32(46)41-28(33(47)48)11-5-6-13-35)42-31(45)27(12-8-14-39-34(37)38)40-30(44)26(36)17-24-21(3)15-23(43)16-22(24)4/h7,9-10,15-16,26-29,43H,5-6,8,11-14,17-18,35-36H2,1-4H3,(H,40,44)(H,41,46)(H,42,45)(H,47,48)(H4,37,38,39)/t26-,27+,28-,29-/m0/s1. The lowest BCUT2D eigenvalue weighted by molar-refractivity contribution is -0.142. The van der Waals surface area contributed by atoms with Crippen molar-refractivity contribution in [3.8, 4) is 5.75 Å². The van der Waals surface area contributed by atoms with E-state index in [1.165, 1.54) is 0 Å². The third kappa shape index (κ3) is 12.5. The molecule has 0 aromatic heterocycles. The van der Waals surface area contributed by atoms with Gasteiger partial charge in [-0.2, -0.15) is 0 Å². The van der Waals surface area contributed by atoms with Gasteiger partial charge in [-0.3, -0.25) is 19.4 Å². The smallest absolute Gasteiger partial charge is 0.326 e. The molecule has 0 saturated heterocycles. The number of phenols is 1. The monoisotopic (exact) mass is 668 g/mol. The number of aliphatic carboxylic acids is 1. The lowest BCUT2D eigenvalue weighted by Gasteiger charge is -2.26. The molecule has 0 radical (unpaired) electrons. The molecule has 0 spiro atoms. The van der Waals surface area contributed by atoms with E-state index in [0.717, 1.165) is 33.4 Å². The van der Waals surface area contributed by atoms with Crippen LogP contribution < -0.4 is 38.9 Å². The molecule has 2 aromatic rings. The van der Waals surface area contributed by atoms with Gasteiger partial charge in [0.05, 0.1) is 6.04 Å². The second-order valence-electron chi connectivity index (χ2n) is 12.2. The summed E-state index contributed by atoms with van der Waals surface area (Å²) >= 11 is 0. The first-order valence-corrected chi connectivity index (χ1v) is 16.1. The number of aryl methyl sites for hydroxylation is 4. The number of hydrogen-bond donors (Lipinski definition) is 9. The van der Waals surface area contributed by atoms with Crippen molar-refractivity contribution in [2.45, 2.75) is 96.8 Å². The van der Waals surface area contributed by atoms with Gasteiger partial charge in [-0.1, -0.05) is 18.2 Å². The van der Waals surface area contributed by atoms with Gasteiger partial charge in [0, 0.05) is 13.0 Å². The van der Waals surface area contributed by atoms with Gasteiger partial charge in [0.1, 0.15) is 23.9 Å². The van der Waals surface area contributed by atoms with E-state index in [1.807, 2.05) is 32.0 Å². The SMILES string of the molecule is Cc1cccc(C)c1C[C@H](NC(=O)[C@@H](CCCN=C(N)N)NC(=O)[C@@H](N)Cc1c(C)cc(O)cc1C)C(=O)N[C@@H](CCCCN)C(=O)O. The predicted octanol–water partition coefficient (Wildman–Crippen LogP) is 0.460. The van der Waals surface area contributed by atoms with Crippen LogP contribution in [0.2, 0.25) is 0 Å². The van der Waals surface area contributed by atoms with Crippen molar-refractivity contribution in [3.63, 3.8) is 0 Å². The Labute approximate surface area is 282 Å². The Bertz CT molecular complexity index is 1420. The predicted molar refractivity (Wildman–Crippen MR) is 185 cm³/mol. The Kier molecular flexibility index (Phi) is 15.8. The third-order valence-electron chi connectivity index (χ3n) is 8.27. The molecule has 2 aromatic carbocycles. The first kappa shape index (κ1) is 39.5. The molecule has 48 heavy (non-hydrogen) atoms. The number of nitrogens with two attached hydrogens (primary N) is 4. The summed E-state index contributed by atoms with van der Waals surface area (Å²) in [5.74, 6) is -3.13. The van der Waals surface area contributed by atoms with Gasteiger partial charge in [0.15, 0.2) is 5.96 Å². The maximum atomic E-state index is 13.8. The minimum absolute atomic E-state index is 0.0821. The van der Waals surface area contributed by atoms with Crippen LogP contribution >= 0.6 is 0 Å². The normalized spacial score (nSPS) is 13.5. The van der Waals surface area contributed by atoms with Crippen LogP contribution in [0.15, 0.2) is 35.3 Å². The molecule has 264 valence electrons. The van der Waals surface area contributed by atoms with Crippen molar-refractivity contribution >= 4 is 29.7 Å². The second-order valence-corrected chi connectivity index (χ2v) is 12.2. The zero-order valence-electron chi connectivity index (χ0n) is 28.3. The highest BCUT2D eigenvalue weighted by Gasteiger charge is 2.31. The van der Waals surface area contributed by atoms with Crippen LogP contribution in [0.1, 0.15) is 65.5 Å². The molecule has 0 aliphatic carbocycles. The summed E-state index contributed by atoms with van der Waals surface area (Å²) in [7, 11) is 0. The average Bonchev–Trinajstić information content (AvgIpc) is 3.00. The number of benzene rings is 2. The number of rotatable bonds is 19. The second kappa shape index (κ2) is 19.2. The third-order valence-corrected chi connectivity index (χ3v) is 8.27. The number of guanidine groups is 1. The Morgan fingerprint density at radius 2 is 1.27 bits per heavy atom. The molecule has 0 saturated carbocycles. The summed E-state index contributed by atoms with van der Waals surface area (Å²) in [6.07, 6.45) is 1.93. The number of nitrogens with zero attached hydrogens (tertiary/aromatic N) is 1. The summed E-state index contributed by atoms with van der Waals surface area (Å²) in [5.41, 5.74) is 27.7. The fraction of sp³-hybridized carbons (Fsp3) is 0.500. The molecule has 0 aliphatic rings. The molecule has 14 heteroatoms. The summed E-state index contributed by atoms with van der Waals surface area (Å²) in [5, 5.41) is 27.7. The molecular formula is C34H52N8O6. The summed E-state index contributed by atoms with van der Waals surface area (Å²) in [6, 6.07) is 4.33. The summed E-state index contributed by atoms with van der Waals surface area (Å²) < 4.78 is 0. The Balaban J connectivity index is 2.35. The van der Waals surface area contributed by atoms with E-state index in [9.17, 15) is 29.4 Å². The Hall–Kier alpha value is -4.69. The lowest BCUT2D eigenvalue weighted by atomic mass is 9.95. The van der Waals surface area contributed by atoms with Gasteiger partial charge in [-0.05, 0) is 118 Å². The number of amides is 3. The fourth-order valence-corrected chi connectivity index (χ4v) is 5.54. The molecule has 2 rings (SSSR count). The van der Waals surface area contributed by atoms with Gasteiger partial charge in [-0.15, -0.1) is 0 Å². The first-order valence-electron chi connectivity index (χ1n) is 16.1. The molecule has 0 fully saturated rings. The van der Waals surface area contributed by atoms with E-state index in [0.29, 0.717) is 25.8 Å². The maximum absolute atomic E-state index is 13.8. The van der Waals surface area contributed by atoms with Crippen molar-refractivity contribution in [1.82, 2.24) is 16.0 Å². The zero-order chi connectivity index (χ0) is 36.0. The number of hydrogen-bond acceptors (Lipinski definition) is 8. The summed E-state index contributed by atoms with van der Waals surface area (Å²) in [4.78, 5) is 56.8. The number of unbranched alkanes of at least 4 members (excludes halogenated alkanes) is 1. The van der Waals surface area contributed by atoms with Crippen LogP contribution in [-0.2, 0) is 32.0 Å².